The van der Waals surface area contributed by atoms with Gasteiger partial charge in [-0.3, -0.25) is 9.78 Å². The predicted molar refractivity (Wildman–Crippen MR) is 70.4 cm³/mol. The third-order valence-corrected chi connectivity index (χ3v) is 3.98. The van der Waals surface area contributed by atoms with Gasteiger partial charge >= 0.3 is 0 Å². The Balaban J connectivity index is 2.64. The van der Waals surface area contributed by atoms with Crippen LogP contribution < -0.4 is 4.72 Å². The summed E-state index contributed by atoms with van der Waals surface area (Å²) in [5, 5.41) is 0. The number of pyridine rings is 1. The fourth-order valence-corrected chi connectivity index (χ4v) is 2.67. The molecule has 0 aliphatic heterocycles. The van der Waals surface area contributed by atoms with Gasteiger partial charge in [-0.1, -0.05) is 0 Å². The van der Waals surface area contributed by atoms with E-state index in [0.29, 0.717) is 4.47 Å². The molecule has 0 aliphatic carbocycles. The quantitative estimate of drug-likeness (QED) is 0.854. The molecule has 0 unspecified atom stereocenters. The molecule has 1 aromatic rings. The Morgan fingerprint density at radius 2 is 2.11 bits per heavy atom. The first kappa shape index (κ1) is 15.1. The molecular weight excluding hydrogens is 322 g/mol. The van der Waals surface area contributed by atoms with Gasteiger partial charge in [0.1, 0.15) is 4.90 Å². The molecule has 0 atom stereocenters. The molecule has 8 heteroatoms. The average molecular weight is 336 g/mol. The van der Waals surface area contributed by atoms with Crippen LogP contribution in [0, 0.1) is 0 Å². The molecule has 6 nitrogen and oxygen atoms in total. The Labute approximate surface area is 115 Å². The molecule has 1 rings (SSSR count). The number of amides is 1. The van der Waals surface area contributed by atoms with Crippen molar-refractivity contribution < 1.29 is 13.2 Å². The van der Waals surface area contributed by atoms with Crippen LogP contribution in [0.3, 0.4) is 0 Å². The van der Waals surface area contributed by atoms with Crippen molar-refractivity contribution in [3.05, 3.63) is 22.9 Å². The van der Waals surface area contributed by atoms with E-state index in [1.165, 1.54) is 23.4 Å². The first-order chi connectivity index (χ1) is 8.33. The van der Waals surface area contributed by atoms with Crippen LogP contribution in [0.2, 0.25) is 0 Å². The van der Waals surface area contributed by atoms with Gasteiger partial charge in [0.2, 0.25) is 15.9 Å². The molecule has 1 N–H and O–H groups in total. The van der Waals surface area contributed by atoms with Gasteiger partial charge in [-0.25, -0.2) is 13.1 Å². The van der Waals surface area contributed by atoms with Gasteiger partial charge in [-0.15, -0.1) is 0 Å². The number of hydrogen-bond acceptors (Lipinski definition) is 4. The van der Waals surface area contributed by atoms with Crippen molar-refractivity contribution in [2.45, 2.75) is 11.3 Å². The van der Waals surface area contributed by atoms with Crippen molar-refractivity contribution in [2.24, 2.45) is 0 Å². The maximum absolute atomic E-state index is 11.8. The van der Waals surface area contributed by atoms with Gasteiger partial charge in [-0.2, -0.15) is 0 Å². The summed E-state index contributed by atoms with van der Waals surface area (Å²) >= 11 is 3.15. The summed E-state index contributed by atoms with van der Waals surface area (Å²) in [6, 6.07) is 1.45. The average Bonchev–Trinajstić information content (AvgIpc) is 2.28. The summed E-state index contributed by atoms with van der Waals surface area (Å²) in [5.41, 5.74) is 0. The highest BCUT2D eigenvalue weighted by Crippen LogP contribution is 2.13. The Bertz CT molecular complexity index is 531. The van der Waals surface area contributed by atoms with Crippen LogP contribution in [0.4, 0.5) is 0 Å². The van der Waals surface area contributed by atoms with Crippen molar-refractivity contribution in [3.63, 3.8) is 0 Å². The lowest BCUT2D eigenvalue weighted by Gasteiger charge is -2.10. The maximum Gasteiger partial charge on any atom is 0.242 e. The Morgan fingerprint density at radius 3 is 2.67 bits per heavy atom. The number of carbonyl (C=O) groups is 1. The standard InChI is InChI=1S/C10H14BrN3O3S/c1-14(2)10(15)3-4-13-18(16,17)9-5-8(11)6-12-7-9/h5-7,13H,3-4H2,1-2H3. The van der Waals surface area contributed by atoms with E-state index in [1.54, 1.807) is 14.1 Å². The molecule has 1 aromatic heterocycles. The minimum Gasteiger partial charge on any atom is -0.349 e. The Morgan fingerprint density at radius 1 is 1.44 bits per heavy atom. The van der Waals surface area contributed by atoms with Crippen LogP contribution >= 0.6 is 15.9 Å². The van der Waals surface area contributed by atoms with E-state index in [-0.39, 0.29) is 23.8 Å². The fraction of sp³-hybridized carbons (Fsp3) is 0.400. The first-order valence-electron chi connectivity index (χ1n) is 5.13. The van der Waals surface area contributed by atoms with Crippen LogP contribution in [0.5, 0.6) is 0 Å². The van der Waals surface area contributed by atoms with Crippen LogP contribution in [-0.4, -0.2) is 44.8 Å². The number of hydrogen-bond donors (Lipinski definition) is 1. The zero-order valence-electron chi connectivity index (χ0n) is 10.1. The summed E-state index contributed by atoms with van der Waals surface area (Å²) in [6.45, 7) is 0.0614. The van der Waals surface area contributed by atoms with E-state index >= 15 is 0 Å². The fourth-order valence-electron chi connectivity index (χ4n) is 1.14. The molecule has 0 aliphatic rings. The van der Waals surface area contributed by atoms with Crippen LogP contribution in [0.1, 0.15) is 6.42 Å². The lowest BCUT2D eigenvalue weighted by molar-refractivity contribution is -0.128. The van der Waals surface area contributed by atoms with Crippen molar-refractivity contribution in [1.29, 1.82) is 0 Å². The summed E-state index contributed by atoms with van der Waals surface area (Å²) < 4.78 is 26.6. The second-order valence-electron chi connectivity index (χ2n) is 3.77. The SMILES string of the molecule is CN(C)C(=O)CCNS(=O)(=O)c1cncc(Br)c1. The second kappa shape index (κ2) is 6.26. The minimum atomic E-state index is -3.62. The highest BCUT2D eigenvalue weighted by atomic mass is 79.9. The molecule has 100 valence electrons. The maximum atomic E-state index is 11.8. The van der Waals surface area contributed by atoms with E-state index in [9.17, 15) is 13.2 Å². The normalized spacial score (nSPS) is 11.3. The van der Waals surface area contributed by atoms with E-state index in [1.807, 2.05) is 0 Å². The molecular formula is C10H14BrN3O3S. The summed E-state index contributed by atoms with van der Waals surface area (Å²) in [5.74, 6) is -0.134. The number of nitrogens with zero attached hydrogens (tertiary/aromatic N) is 2. The summed E-state index contributed by atoms with van der Waals surface area (Å²) in [7, 11) is -0.377. The Hall–Kier alpha value is -0.990. The lowest BCUT2D eigenvalue weighted by Crippen LogP contribution is -2.30. The van der Waals surface area contributed by atoms with Crippen LogP contribution in [0.25, 0.3) is 0 Å². The topological polar surface area (TPSA) is 79.4 Å². The molecule has 18 heavy (non-hydrogen) atoms. The predicted octanol–water partition coefficient (Wildman–Crippen LogP) is 0.601. The Kier molecular flexibility index (Phi) is 5.24. The van der Waals surface area contributed by atoms with Crippen molar-refractivity contribution >= 4 is 31.9 Å². The third-order valence-electron chi connectivity index (χ3n) is 2.12. The molecule has 1 heterocycles. The molecule has 0 saturated heterocycles. The minimum absolute atomic E-state index is 0.0614. The zero-order chi connectivity index (χ0) is 13.8. The van der Waals surface area contributed by atoms with Gasteiger partial charge in [0, 0.05) is 43.9 Å². The molecule has 1 amide bonds. The van der Waals surface area contributed by atoms with Gasteiger partial charge in [0.25, 0.3) is 0 Å². The highest BCUT2D eigenvalue weighted by molar-refractivity contribution is 9.10. The van der Waals surface area contributed by atoms with E-state index < -0.39 is 10.0 Å². The number of sulfonamides is 1. The number of rotatable bonds is 5. The molecule has 0 saturated carbocycles. The van der Waals surface area contributed by atoms with Gasteiger partial charge < -0.3 is 4.90 Å². The lowest BCUT2D eigenvalue weighted by atomic mass is 10.4. The number of aromatic nitrogens is 1. The largest absolute Gasteiger partial charge is 0.349 e. The highest BCUT2D eigenvalue weighted by Gasteiger charge is 2.15. The van der Waals surface area contributed by atoms with Crippen molar-refractivity contribution in [1.82, 2.24) is 14.6 Å². The van der Waals surface area contributed by atoms with E-state index in [4.69, 9.17) is 0 Å². The van der Waals surface area contributed by atoms with Gasteiger partial charge in [0.05, 0.1) is 0 Å². The molecule has 0 fully saturated rings. The summed E-state index contributed by atoms with van der Waals surface area (Å²) in [6.07, 6.45) is 2.86. The first-order valence-corrected chi connectivity index (χ1v) is 7.41. The number of carbonyl (C=O) groups excluding carboxylic acids is 1. The number of halogens is 1. The molecule has 0 aromatic carbocycles. The monoisotopic (exact) mass is 335 g/mol. The van der Waals surface area contributed by atoms with Gasteiger partial charge in [-0.05, 0) is 22.0 Å². The van der Waals surface area contributed by atoms with E-state index in [2.05, 4.69) is 25.6 Å². The molecule has 0 radical (unpaired) electrons. The van der Waals surface area contributed by atoms with Crippen LogP contribution in [-0.2, 0) is 14.8 Å². The van der Waals surface area contributed by atoms with Crippen molar-refractivity contribution in [2.75, 3.05) is 20.6 Å². The zero-order valence-corrected chi connectivity index (χ0v) is 12.5. The van der Waals surface area contributed by atoms with Crippen LogP contribution in [0.15, 0.2) is 27.8 Å². The third kappa shape index (κ3) is 4.35. The van der Waals surface area contributed by atoms with Crippen molar-refractivity contribution in [3.8, 4) is 0 Å². The number of nitrogens with one attached hydrogen (secondary N) is 1. The molecule has 0 spiro atoms. The van der Waals surface area contributed by atoms with Gasteiger partial charge in [0.15, 0.2) is 0 Å². The van der Waals surface area contributed by atoms with E-state index in [0.717, 1.165) is 0 Å². The molecule has 0 bridgehead atoms. The summed E-state index contributed by atoms with van der Waals surface area (Å²) in [4.78, 5) is 16.5. The second-order valence-corrected chi connectivity index (χ2v) is 6.46. The smallest absolute Gasteiger partial charge is 0.242 e.